The maximum Gasteiger partial charge on any atom is 0.245 e. The van der Waals surface area contributed by atoms with Gasteiger partial charge in [-0.25, -0.2) is 0 Å². The summed E-state index contributed by atoms with van der Waals surface area (Å²) in [5, 5.41) is 5.51. The highest BCUT2D eigenvalue weighted by molar-refractivity contribution is 8.00. The molecule has 0 aliphatic heterocycles. The molecule has 1 aromatic heterocycles. The number of amides is 1. The van der Waals surface area contributed by atoms with Crippen LogP contribution in [0.15, 0.2) is 102 Å². The lowest BCUT2D eigenvalue weighted by Gasteiger charge is -2.16. The summed E-state index contributed by atoms with van der Waals surface area (Å²) in [7, 11) is 0. The second kappa shape index (κ2) is 10.6. The third-order valence-corrected chi connectivity index (χ3v) is 7.76. The molecule has 0 saturated carbocycles. The molecule has 1 heterocycles. The first-order chi connectivity index (χ1) is 17.5. The molecule has 5 aromatic rings. The Morgan fingerprint density at radius 1 is 0.833 bits per heavy atom. The molecule has 1 N–H and O–H groups in total. The second-order valence-corrected chi connectivity index (χ2v) is 10.3. The predicted molar refractivity (Wildman–Crippen MR) is 150 cm³/mol. The van der Waals surface area contributed by atoms with Crippen LogP contribution < -0.4 is 5.32 Å². The smallest absolute Gasteiger partial charge is 0.245 e. The van der Waals surface area contributed by atoms with Crippen LogP contribution in [0.1, 0.15) is 23.7 Å². The van der Waals surface area contributed by atoms with E-state index in [4.69, 9.17) is 11.6 Å². The number of anilines is 1. The van der Waals surface area contributed by atoms with E-state index in [-0.39, 0.29) is 23.5 Å². The van der Waals surface area contributed by atoms with Gasteiger partial charge in [-0.15, -0.1) is 11.8 Å². The number of para-hydroxylation sites is 2. The summed E-state index contributed by atoms with van der Waals surface area (Å²) in [6.07, 6.45) is 0.975. The van der Waals surface area contributed by atoms with Crippen molar-refractivity contribution in [2.75, 3.05) is 5.32 Å². The first-order valence-corrected chi connectivity index (χ1v) is 13.1. The summed E-state index contributed by atoms with van der Waals surface area (Å²) in [6.45, 7) is 2.04. The van der Waals surface area contributed by atoms with Crippen molar-refractivity contribution < 1.29 is 9.59 Å². The van der Waals surface area contributed by atoms with Gasteiger partial charge in [0.1, 0.15) is 0 Å². The van der Waals surface area contributed by atoms with Gasteiger partial charge in [-0.05, 0) is 60.5 Å². The van der Waals surface area contributed by atoms with E-state index in [1.165, 1.54) is 0 Å². The summed E-state index contributed by atoms with van der Waals surface area (Å²) >= 11 is 7.46. The highest BCUT2D eigenvalue weighted by atomic mass is 35.5. The number of carbonyl (C=O) groups excluding carboxylic acids is 2. The number of benzene rings is 4. The molecule has 0 spiro atoms. The molecule has 0 fully saturated rings. The Morgan fingerprint density at radius 3 is 2.00 bits per heavy atom. The number of nitrogens with one attached hydrogen (secondary N) is 1. The Labute approximate surface area is 219 Å². The molecule has 36 heavy (non-hydrogen) atoms. The van der Waals surface area contributed by atoms with Crippen molar-refractivity contribution in [3.63, 3.8) is 0 Å². The third kappa shape index (κ3) is 5.03. The molecule has 1 amide bonds. The van der Waals surface area contributed by atoms with Crippen LogP contribution in [-0.4, -0.2) is 21.6 Å². The summed E-state index contributed by atoms with van der Waals surface area (Å²) in [5.74, 6) is -0.0223. The number of halogens is 1. The van der Waals surface area contributed by atoms with Crippen LogP contribution in [0.2, 0.25) is 5.02 Å². The Balaban J connectivity index is 1.31. The normalized spacial score (nSPS) is 12.1. The Kier molecular flexibility index (Phi) is 7.12. The van der Waals surface area contributed by atoms with Crippen molar-refractivity contribution in [3.05, 3.63) is 108 Å². The van der Waals surface area contributed by atoms with E-state index < -0.39 is 0 Å². The molecule has 4 nitrogen and oxygen atoms in total. The molecule has 0 aliphatic rings. The number of nitrogens with zero attached hydrogens (tertiary/aromatic N) is 1. The standard InChI is InChI=1S/C30H25ClN2O2S/c1-2-28(30(35)33-26-9-5-3-7-24(26)25-8-4-6-10-27(25)33)36-23-17-15-22(16-18-23)32-29(34)19-20-11-13-21(31)14-12-20/h3-18,28H,2,19H2,1H3,(H,32,34). The number of fused-ring (bicyclic) bond motifs is 3. The van der Waals surface area contributed by atoms with Crippen molar-refractivity contribution >= 4 is 62.7 Å². The zero-order valence-corrected chi connectivity index (χ0v) is 21.4. The van der Waals surface area contributed by atoms with Crippen LogP contribution >= 0.6 is 23.4 Å². The SMILES string of the molecule is CCC(Sc1ccc(NC(=O)Cc2ccc(Cl)cc2)cc1)C(=O)n1c2ccccc2c2ccccc21. The van der Waals surface area contributed by atoms with Gasteiger partial charge in [0.25, 0.3) is 0 Å². The summed E-state index contributed by atoms with van der Waals surface area (Å²) < 4.78 is 1.86. The van der Waals surface area contributed by atoms with Crippen molar-refractivity contribution in [3.8, 4) is 0 Å². The maximum absolute atomic E-state index is 13.8. The van der Waals surface area contributed by atoms with Gasteiger partial charge < -0.3 is 5.32 Å². The van der Waals surface area contributed by atoms with Crippen LogP contribution in [0, 0.1) is 0 Å². The molecular formula is C30H25ClN2O2S. The lowest BCUT2D eigenvalue weighted by molar-refractivity contribution is -0.115. The first kappa shape index (κ1) is 24.2. The van der Waals surface area contributed by atoms with Crippen molar-refractivity contribution in [1.29, 1.82) is 0 Å². The zero-order chi connectivity index (χ0) is 25.1. The minimum Gasteiger partial charge on any atom is -0.326 e. The molecule has 4 aromatic carbocycles. The largest absolute Gasteiger partial charge is 0.326 e. The second-order valence-electron chi connectivity index (χ2n) is 8.60. The third-order valence-electron chi connectivity index (χ3n) is 6.14. The Hall–Kier alpha value is -3.54. The monoisotopic (exact) mass is 512 g/mol. The molecule has 1 atom stereocenters. The van der Waals surface area contributed by atoms with E-state index in [1.807, 2.05) is 84.3 Å². The fourth-order valence-electron chi connectivity index (χ4n) is 4.39. The molecule has 0 radical (unpaired) electrons. The number of thioether (sulfide) groups is 1. The van der Waals surface area contributed by atoms with E-state index in [0.717, 1.165) is 38.0 Å². The number of rotatable bonds is 7. The average molecular weight is 513 g/mol. The predicted octanol–water partition coefficient (Wildman–Crippen LogP) is 7.84. The van der Waals surface area contributed by atoms with Gasteiger partial charge >= 0.3 is 0 Å². The van der Waals surface area contributed by atoms with Crippen LogP contribution in [0.4, 0.5) is 5.69 Å². The van der Waals surface area contributed by atoms with Gasteiger partial charge in [-0.2, -0.15) is 0 Å². The zero-order valence-electron chi connectivity index (χ0n) is 19.8. The van der Waals surface area contributed by atoms with Crippen LogP contribution in [0.5, 0.6) is 0 Å². The quantitative estimate of drug-likeness (QED) is 0.226. The average Bonchev–Trinajstić information content (AvgIpc) is 3.23. The Bertz CT molecular complexity index is 1490. The molecule has 5 rings (SSSR count). The summed E-state index contributed by atoms with van der Waals surface area (Å²) in [6, 6.07) is 31.0. The van der Waals surface area contributed by atoms with E-state index in [0.29, 0.717) is 11.4 Å². The summed E-state index contributed by atoms with van der Waals surface area (Å²) in [5.41, 5.74) is 3.49. The summed E-state index contributed by atoms with van der Waals surface area (Å²) in [4.78, 5) is 27.1. The van der Waals surface area contributed by atoms with E-state index in [2.05, 4.69) is 17.4 Å². The van der Waals surface area contributed by atoms with Crippen LogP contribution in [0.3, 0.4) is 0 Å². The fourth-order valence-corrected chi connectivity index (χ4v) is 5.51. The van der Waals surface area contributed by atoms with E-state index in [1.54, 1.807) is 23.9 Å². The van der Waals surface area contributed by atoms with Crippen LogP contribution in [-0.2, 0) is 11.2 Å². The lowest BCUT2D eigenvalue weighted by atomic mass is 10.1. The molecular weight excluding hydrogens is 488 g/mol. The van der Waals surface area contributed by atoms with Gasteiger partial charge in [0.15, 0.2) is 0 Å². The number of aromatic nitrogens is 1. The maximum atomic E-state index is 13.8. The van der Waals surface area contributed by atoms with E-state index in [9.17, 15) is 9.59 Å². The van der Waals surface area contributed by atoms with Crippen LogP contribution in [0.25, 0.3) is 21.8 Å². The van der Waals surface area contributed by atoms with Gasteiger partial charge in [-0.1, -0.05) is 67.1 Å². The minimum absolute atomic E-state index is 0.0697. The van der Waals surface area contributed by atoms with E-state index >= 15 is 0 Å². The van der Waals surface area contributed by atoms with Crippen molar-refractivity contribution in [2.45, 2.75) is 29.9 Å². The molecule has 0 aliphatic carbocycles. The molecule has 180 valence electrons. The Morgan fingerprint density at radius 2 is 1.42 bits per heavy atom. The van der Waals surface area contributed by atoms with Crippen molar-refractivity contribution in [2.24, 2.45) is 0 Å². The molecule has 6 heteroatoms. The highest BCUT2D eigenvalue weighted by Gasteiger charge is 2.23. The number of hydrogen-bond donors (Lipinski definition) is 1. The molecule has 0 saturated heterocycles. The van der Waals surface area contributed by atoms with Crippen molar-refractivity contribution in [1.82, 2.24) is 4.57 Å². The van der Waals surface area contributed by atoms with Gasteiger partial charge in [0.05, 0.1) is 22.7 Å². The highest BCUT2D eigenvalue weighted by Crippen LogP contribution is 2.33. The molecule has 0 bridgehead atoms. The van der Waals surface area contributed by atoms with Gasteiger partial charge in [-0.3, -0.25) is 14.2 Å². The van der Waals surface area contributed by atoms with Gasteiger partial charge in [0, 0.05) is 26.4 Å². The van der Waals surface area contributed by atoms with Gasteiger partial charge in [0.2, 0.25) is 11.8 Å². The minimum atomic E-state index is -0.241. The molecule has 1 unspecified atom stereocenters. The lowest BCUT2D eigenvalue weighted by Crippen LogP contribution is -2.23. The first-order valence-electron chi connectivity index (χ1n) is 11.9. The number of carbonyl (C=O) groups is 2. The number of hydrogen-bond acceptors (Lipinski definition) is 3. The topological polar surface area (TPSA) is 51.1 Å². The fraction of sp³-hybridized carbons (Fsp3) is 0.133.